The fraction of sp³-hybridized carbons (Fsp3) is 0.286. The van der Waals surface area contributed by atoms with Crippen LogP contribution in [0.5, 0.6) is 0 Å². The molecule has 1 aliphatic heterocycles. The first-order valence-electron chi connectivity index (χ1n) is 8.82. The normalized spacial score (nSPS) is 17.6. The molecule has 0 N–H and O–H groups in total. The second kappa shape index (κ2) is 7.01. The van der Waals surface area contributed by atoms with Gasteiger partial charge < -0.3 is 4.90 Å². The summed E-state index contributed by atoms with van der Waals surface area (Å²) in [5.41, 5.74) is 3.08. The molecular formula is C21H21N3O. The number of fused-ring (bicyclic) bond motifs is 1. The lowest BCUT2D eigenvalue weighted by Crippen LogP contribution is -2.40. The van der Waals surface area contributed by atoms with Gasteiger partial charge in [0.25, 0.3) is 5.91 Å². The second-order valence-electron chi connectivity index (χ2n) is 6.73. The third-order valence-electron chi connectivity index (χ3n) is 4.93. The third kappa shape index (κ3) is 3.53. The predicted molar refractivity (Wildman–Crippen MR) is 98.3 cm³/mol. The molecule has 0 spiro atoms. The van der Waals surface area contributed by atoms with Crippen LogP contribution in [0.4, 0.5) is 0 Å². The van der Waals surface area contributed by atoms with Crippen molar-refractivity contribution in [2.45, 2.75) is 19.3 Å². The number of pyridine rings is 2. The highest BCUT2D eigenvalue weighted by molar-refractivity contribution is 5.94. The SMILES string of the molecule is O=C(c1ccncc1)N1CCC[C@@H](Cc2ccc3ncccc3c2)C1. The zero-order valence-electron chi connectivity index (χ0n) is 14.1. The molecule has 4 heteroatoms. The van der Waals surface area contributed by atoms with E-state index in [4.69, 9.17) is 0 Å². The van der Waals surface area contributed by atoms with Crippen molar-refractivity contribution in [2.75, 3.05) is 13.1 Å². The Morgan fingerprint density at radius 3 is 2.88 bits per heavy atom. The van der Waals surface area contributed by atoms with Crippen molar-refractivity contribution in [1.29, 1.82) is 0 Å². The number of piperidine rings is 1. The van der Waals surface area contributed by atoms with Gasteiger partial charge >= 0.3 is 0 Å². The average Bonchev–Trinajstić information content (AvgIpc) is 2.68. The van der Waals surface area contributed by atoms with Crippen LogP contribution in [0.3, 0.4) is 0 Å². The molecule has 1 aliphatic rings. The molecule has 1 aromatic carbocycles. The Hall–Kier alpha value is -2.75. The number of amides is 1. The Labute approximate surface area is 147 Å². The zero-order valence-corrected chi connectivity index (χ0v) is 14.1. The molecule has 1 fully saturated rings. The molecule has 4 rings (SSSR count). The van der Waals surface area contributed by atoms with Crippen LogP contribution in [0.15, 0.2) is 61.1 Å². The van der Waals surface area contributed by atoms with Gasteiger partial charge in [0.05, 0.1) is 5.52 Å². The lowest BCUT2D eigenvalue weighted by molar-refractivity contribution is 0.0673. The van der Waals surface area contributed by atoms with Gasteiger partial charge in [0.15, 0.2) is 0 Å². The van der Waals surface area contributed by atoms with Gasteiger partial charge in [0.2, 0.25) is 0 Å². The highest BCUT2D eigenvalue weighted by Crippen LogP contribution is 2.23. The highest BCUT2D eigenvalue weighted by atomic mass is 16.2. The molecule has 2 aromatic heterocycles. The van der Waals surface area contributed by atoms with Gasteiger partial charge in [0, 0.05) is 42.6 Å². The van der Waals surface area contributed by atoms with E-state index in [1.54, 1.807) is 24.5 Å². The summed E-state index contributed by atoms with van der Waals surface area (Å²) >= 11 is 0. The smallest absolute Gasteiger partial charge is 0.253 e. The summed E-state index contributed by atoms with van der Waals surface area (Å²) in [7, 11) is 0. The maximum absolute atomic E-state index is 12.7. The minimum atomic E-state index is 0.120. The van der Waals surface area contributed by atoms with Gasteiger partial charge in [-0.2, -0.15) is 0 Å². The molecule has 1 atom stereocenters. The molecule has 1 amide bonds. The zero-order chi connectivity index (χ0) is 17.1. The average molecular weight is 331 g/mol. The van der Waals surface area contributed by atoms with Gasteiger partial charge in [-0.25, -0.2) is 0 Å². The van der Waals surface area contributed by atoms with E-state index >= 15 is 0 Å². The summed E-state index contributed by atoms with van der Waals surface area (Å²) < 4.78 is 0. The van der Waals surface area contributed by atoms with Crippen molar-refractivity contribution in [1.82, 2.24) is 14.9 Å². The van der Waals surface area contributed by atoms with Crippen LogP contribution in [-0.2, 0) is 6.42 Å². The topological polar surface area (TPSA) is 46.1 Å². The van der Waals surface area contributed by atoms with Crippen LogP contribution in [0, 0.1) is 5.92 Å². The molecule has 0 aliphatic carbocycles. The van der Waals surface area contributed by atoms with Crippen LogP contribution >= 0.6 is 0 Å². The molecule has 1 saturated heterocycles. The lowest BCUT2D eigenvalue weighted by atomic mass is 9.90. The summed E-state index contributed by atoms with van der Waals surface area (Å²) in [6, 6.07) is 14.1. The first kappa shape index (κ1) is 15.8. The lowest BCUT2D eigenvalue weighted by Gasteiger charge is -2.33. The van der Waals surface area contributed by atoms with Crippen LogP contribution < -0.4 is 0 Å². The summed E-state index contributed by atoms with van der Waals surface area (Å²) in [6.07, 6.45) is 8.42. The van der Waals surface area contributed by atoms with Crippen LogP contribution in [0.1, 0.15) is 28.8 Å². The van der Waals surface area contributed by atoms with E-state index < -0.39 is 0 Å². The molecule has 126 valence electrons. The maximum atomic E-state index is 12.7. The molecule has 0 radical (unpaired) electrons. The van der Waals surface area contributed by atoms with E-state index in [0.29, 0.717) is 5.92 Å². The third-order valence-corrected chi connectivity index (χ3v) is 4.93. The fourth-order valence-electron chi connectivity index (χ4n) is 3.68. The summed E-state index contributed by atoms with van der Waals surface area (Å²) in [4.78, 5) is 23.0. The number of hydrogen-bond acceptors (Lipinski definition) is 3. The Morgan fingerprint density at radius 1 is 1.12 bits per heavy atom. The van der Waals surface area contributed by atoms with Gasteiger partial charge in [-0.1, -0.05) is 12.1 Å². The number of carbonyl (C=O) groups excluding carboxylic acids is 1. The minimum absolute atomic E-state index is 0.120. The minimum Gasteiger partial charge on any atom is -0.338 e. The number of rotatable bonds is 3. The number of hydrogen-bond donors (Lipinski definition) is 0. The van der Waals surface area contributed by atoms with Gasteiger partial charge in [-0.05, 0) is 61.1 Å². The number of benzene rings is 1. The standard InChI is InChI=1S/C21H21N3O/c25-21(18-7-10-22-11-8-18)24-12-2-3-17(15-24)13-16-5-6-20-19(14-16)4-1-9-23-20/h1,4-11,14,17H,2-3,12-13,15H2/t17-/m0/s1. The fourth-order valence-corrected chi connectivity index (χ4v) is 3.68. The van der Waals surface area contributed by atoms with Crippen LogP contribution in [0.25, 0.3) is 10.9 Å². The molecule has 3 aromatic rings. The summed E-state index contributed by atoms with van der Waals surface area (Å²) in [5, 5.41) is 1.18. The first-order valence-corrected chi connectivity index (χ1v) is 8.82. The Bertz CT molecular complexity index is 878. The summed E-state index contributed by atoms with van der Waals surface area (Å²) in [6.45, 7) is 1.67. The Kier molecular flexibility index (Phi) is 4.42. The molecule has 0 bridgehead atoms. The molecular weight excluding hydrogens is 310 g/mol. The van der Waals surface area contributed by atoms with E-state index in [1.807, 2.05) is 17.2 Å². The second-order valence-corrected chi connectivity index (χ2v) is 6.73. The molecule has 4 nitrogen and oxygen atoms in total. The van der Waals surface area contributed by atoms with Gasteiger partial charge in [0.1, 0.15) is 0 Å². The Balaban J connectivity index is 1.46. The Morgan fingerprint density at radius 2 is 2.00 bits per heavy atom. The van der Waals surface area contributed by atoms with Crippen molar-refractivity contribution in [3.05, 3.63) is 72.2 Å². The molecule has 0 saturated carbocycles. The quantitative estimate of drug-likeness (QED) is 0.735. The summed E-state index contributed by atoms with van der Waals surface area (Å²) in [5.74, 6) is 0.628. The van der Waals surface area contributed by atoms with Gasteiger partial charge in [-0.15, -0.1) is 0 Å². The van der Waals surface area contributed by atoms with E-state index in [0.717, 1.165) is 37.0 Å². The molecule has 0 unspecified atom stereocenters. The van der Waals surface area contributed by atoms with Crippen molar-refractivity contribution in [2.24, 2.45) is 5.92 Å². The molecule has 3 heterocycles. The van der Waals surface area contributed by atoms with E-state index in [1.165, 1.54) is 17.4 Å². The van der Waals surface area contributed by atoms with Gasteiger partial charge in [-0.3, -0.25) is 14.8 Å². The molecule has 25 heavy (non-hydrogen) atoms. The first-order chi connectivity index (χ1) is 12.3. The van der Waals surface area contributed by atoms with Crippen molar-refractivity contribution >= 4 is 16.8 Å². The van der Waals surface area contributed by atoms with Crippen molar-refractivity contribution in [3.8, 4) is 0 Å². The number of nitrogens with zero attached hydrogens (tertiary/aromatic N) is 3. The van der Waals surface area contributed by atoms with Crippen molar-refractivity contribution in [3.63, 3.8) is 0 Å². The number of likely N-dealkylation sites (tertiary alicyclic amines) is 1. The predicted octanol–water partition coefficient (Wildman–Crippen LogP) is 3.72. The van der Waals surface area contributed by atoms with Crippen LogP contribution in [0.2, 0.25) is 0 Å². The van der Waals surface area contributed by atoms with E-state index in [-0.39, 0.29) is 5.91 Å². The highest BCUT2D eigenvalue weighted by Gasteiger charge is 2.24. The van der Waals surface area contributed by atoms with Crippen molar-refractivity contribution < 1.29 is 4.79 Å². The monoisotopic (exact) mass is 331 g/mol. The number of carbonyl (C=O) groups is 1. The van der Waals surface area contributed by atoms with E-state index in [9.17, 15) is 4.79 Å². The van der Waals surface area contributed by atoms with E-state index in [2.05, 4.69) is 34.2 Å². The maximum Gasteiger partial charge on any atom is 0.253 e. The van der Waals surface area contributed by atoms with Crippen LogP contribution in [-0.4, -0.2) is 33.9 Å². The number of aromatic nitrogens is 2. The largest absolute Gasteiger partial charge is 0.338 e.